The van der Waals surface area contributed by atoms with Crippen LogP contribution < -0.4 is 20.1 Å². The predicted molar refractivity (Wildman–Crippen MR) is 97.9 cm³/mol. The molecule has 1 aromatic carbocycles. The first-order chi connectivity index (χ1) is 11.5. The van der Waals surface area contributed by atoms with Crippen LogP contribution in [0.3, 0.4) is 0 Å². The Hall–Kier alpha value is -1.50. The second-order valence-corrected chi connectivity index (χ2v) is 6.97. The van der Waals surface area contributed by atoms with E-state index in [1.54, 1.807) is 0 Å². The van der Waals surface area contributed by atoms with Crippen molar-refractivity contribution >= 4 is 18.3 Å². The zero-order chi connectivity index (χ0) is 17.2. The van der Waals surface area contributed by atoms with Gasteiger partial charge in [0.15, 0.2) is 11.5 Å². The molecule has 2 N–H and O–H groups in total. The van der Waals surface area contributed by atoms with E-state index in [0.717, 1.165) is 17.1 Å². The Kier molecular flexibility index (Phi) is 6.54. The average Bonchev–Trinajstić information content (AvgIpc) is 2.60. The summed E-state index contributed by atoms with van der Waals surface area (Å²) >= 11 is 0. The molecular weight excluding hydrogens is 344 g/mol. The summed E-state index contributed by atoms with van der Waals surface area (Å²) in [5.41, 5.74) is 0.887. The van der Waals surface area contributed by atoms with Gasteiger partial charge in [-0.25, -0.2) is 0 Å². The molecule has 0 saturated carbocycles. The van der Waals surface area contributed by atoms with E-state index in [1.807, 2.05) is 25.1 Å². The van der Waals surface area contributed by atoms with Crippen molar-refractivity contribution in [2.75, 3.05) is 32.9 Å². The third-order valence-corrected chi connectivity index (χ3v) is 4.63. The number of hydrogen-bond acceptors (Lipinski definition) is 5. The molecule has 1 amide bonds. The smallest absolute Gasteiger partial charge is 0.239 e. The molecule has 1 aromatic rings. The maximum absolute atomic E-state index is 12.4. The number of carbonyl (C=O) groups is 1. The van der Waals surface area contributed by atoms with Gasteiger partial charge in [-0.1, -0.05) is 19.9 Å². The SMILES string of the molecule is C[C@H]1OCCN[C@@H]1C(=O)NCC(C)(C)c1ccc2c(c1)OCCO2.Cl. The number of morpholine rings is 1. The molecule has 0 unspecified atom stereocenters. The van der Waals surface area contributed by atoms with Crippen LogP contribution in [0.5, 0.6) is 11.5 Å². The van der Waals surface area contributed by atoms with Gasteiger partial charge in [-0.3, -0.25) is 4.79 Å². The zero-order valence-electron chi connectivity index (χ0n) is 15.0. The number of ether oxygens (including phenoxy) is 3. The molecule has 0 aromatic heterocycles. The maximum Gasteiger partial charge on any atom is 0.239 e. The minimum absolute atomic E-state index is 0. The van der Waals surface area contributed by atoms with E-state index in [1.165, 1.54) is 0 Å². The fourth-order valence-electron chi connectivity index (χ4n) is 3.01. The van der Waals surface area contributed by atoms with Crippen molar-refractivity contribution in [1.82, 2.24) is 10.6 Å². The maximum atomic E-state index is 12.4. The fourth-order valence-corrected chi connectivity index (χ4v) is 3.01. The monoisotopic (exact) mass is 370 g/mol. The number of benzene rings is 1. The van der Waals surface area contributed by atoms with Crippen molar-refractivity contribution in [3.8, 4) is 11.5 Å². The molecule has 2 heterocycles. The Morgan fingerprint density at radius 1 is 1.24 bits per heavy atom. The van der Waals surface area contributed by atoms with Crippen molar-refractivity contribution in [3.05, 3.63) is 23.8 Å². The van der Waals surface area contributed by atoms with Gasteiger partial charge in [0.25, 0.3) is 0 Å². The topological polar surface area (TPSA) is 68.8 Å². The van der Waals surface area contributed by atoms with Crippen LogP contribution in [-0.4, -0.2) is 51.0 Å². The molecule has 140 valence electrons. The number of nitrogens with one attached hydrogen (secondary N) is 2. The van der Waals surface area contributed by atoms with Crippen LogP contribution in [-0.2, 0) is 14.9 Å². The van der Waals surface area contributed by atoms with Gasteiger partial charge in [-0.05, 0) is 24.6 Å². The van der Waals surface area contributed by atoms with Gasteiger partial charge >= 0.3 is 0 Å². The van der Waals surface area contributed by atoms with E-state index in [4.69, 9.17) is 14.2 Å². The summed E-state index contributed by atoms with van der Waals surface area (Å²) in [5, 5.41) is 6.26. The average molecular weight is 371 g/mol. The Morgan fingerprint density at radius 3 is 2.68 bits per heavy atom. The Balaban J connectivity index is 0.00000225. The summed E-state index contributed by atoms with van der Waals surface area (Å²) < 4.78 is 16.8. The van der Waals surface area contributed by atoms with Crippen molar-refractivity contribution in [1.29, 1.82) is 0 Å². The number of rotatable bonds is 4. The number of hydrogen-bond donors (Lipinski definition) is 2. The van der Waals surface area contributed by atoms with Gasteiger partial charge in [-0.15, -0.1) is 12.4 Å². The lowest BCUT2D eigenvalue weighted by atomic mass is 9.84. The lowest BCUT2D eigenvalue weighted by Crippen LogP contribution is -2.56. The van der Waals surface area contributed by atoms with E-state index in [0.29, 0.717) is 32.9 Å². The third-order valence-electron chi connectivity index (χ3n) is 4.63. The lowest BCUT2D eigenvalue weighted by molar-refractivity contribution is -0.129. The summed E-state index contributed by atoms with van der Waals surface area (Å²) in [6.45, 7) is 9.17. The molecule has 2 atom stereocenters. The molecule has 0 radical (unpaired) electrons. The molecule has 1 saturated heterocycles. The number of halogens is 1. The molecule has 7 heteroatoms. The van der Waals surface area contributed by atoms with E-state index in [-0.39, 0.29) is 35.9 Å². The molecule has 0 bridgehead atoms. The fraction of sp³-hybridized carbons (Fsp3) is 0.611. The Morgan fingerprint density at radius 2 is 1.96 bits per heavy atom. The molecule has 3 rings (SSSR count). The highest BCUT2D eigenvalue weighted by Gasteiger charge is 2.30. The van der Waals surface area contributed by atoms with Gasteiger partial charge in [0.1, 0.15) is 19.3 Å². The molecular formula is C18H27ClN2O4. The van der Waals surface area contributed by atoms with Crippen molar-refractivity contribution < 1.29 is 19.0 Å². The number of fused-ring (bicyclic) bond motifs is 1. The Labute approximate surface area is 155 Å². The van der Waals surface area contributed by atoms with Crippen LogP contribution in [0.4, 0.5) is 0 Å². The minimum Gasteiger partial charge on any atom is -0.486 e. The summed E-state index contributed by atoms with van der Waals surface area (Å²) in [6, 6.07) is 5.68. The second-order valence-electron chi connectivity index (χ2n) is 6.97. The largest absolute Gasteiger partial charge is 0.486 e. The van der Waals surface area contributed by atoms with E-state index in [2.05, 4.69) is 24.5 Å². The van der Waals surface area contributed by atoms with Crippen molar-refractivity contribution in [2.45, 2.75) is 38.3 Å². The van der Waals surface area contributed by atoms with Gasteiger partial charge < -0.3 is 24.8 Å². The molecule has 2 aliphatic heterocycles. The van der Waals surface area contributed by atoms with Crippen molar-refractivity contribution in [2.24, 2.45) is 0 Å². The summed E-state index contributed by atoms with van der Waals surface area (Å²) in [7, 11) is 0. The highest BCUT2D eigenvalue weighted by atomic mass is 35.5. The summed E-state index contributed by atoms with van der Waals surface area (Å²) in [4.78, 5) is 12.4. The first-order valence-corrected chi connectivity index (χ1v) is 8.50. The van der Waals surface area contributed by atoms with Gasteiger partial charge in [-0.2, -0.15) is 0 Å². The van der Waals surface area contributed by atoms with Gasteiger partial charge in [0.05, 0.1) is 12.7 Å². The van der Waals surface area contributed by atoms with Crippen LogP contribution in [0.1, 0.15) is 26.3 Å². The Bertz CT molecular complexity index is 609. The first-order valence-electron chi connectivity index (χ1n) is 8.50. The second kappa shape index (κ2) is 8.25. The summed E-state index contributed by atoms with van der Waals surface area (Å²) in [6.07, 6.45) is -0.115. The van der Waals surface area contributed by atoms with E-state index < -0.39 is 0 Å². The zero-order valence-corrected chi connectivity index (χ0v) is 15.8. The molecule has 0 aliphatic carbocycles. The lowest BCUT2D eigenvalue weighted by Gasteiger charge is -2.32. The first kappa shape index (κ1) is 19.8. The quantitative estimate of drug-likeness (QED) is 0.843. The number of carbonyl (C=O) groups excluding carboxylic acids is 1. The molecule has 2 aliphatic rings. The minimum atomic E-state index is -0.296. The van der Waals surface area contributed by atoms with Crippen LogP contribution in [0.25, 0.3) is 0 Å². The van der Waals surface area contributed by atoms with Crippen molar-refractivity contribution in [3.63, 3.8) is 0 Å². The normalized spacial score (nSPS) is 22.7. The highest BCUT2D eigenvalue weighted by Crippen LogP contribution is 2.34. The standard InChI is InChI=1S/C18H26N2O4.ClH/c1-12-16(19-6-7-22-12)17(21)20-11-18(2,3)13-4-5-14-15(10-13)24-9-8-23-14;/h4-5,10,12,16,19H,6-9,11H2,1-3H3,(H,20,21);1H/t12-,16+;/m1./s1. The molecule has 0 spiro atoms. The predicted octanol–water partition coefficient (Wildman–Crippen LogP) is 1.65. The van der Waals surface area contributed by atoms with Gasteiger partial charge in [0.2, 0.25) is 5.91 Å². The molecule has 25 heavy (non-hydrogen) atoms. The highest BCUT2D eigenvalue weighted by molar-refractivity contribution is 5.85. The third kappa shape index (κ3) is 4.57. The van der Waals surface area contributed by atoms with Crippen LogP contribution >= 0.6 is 12.4 Å². The van der Waals surface area contributed by atoms with E-state index in [9.17, 15) is 4.79 Å². The van der Waals surface area contributed by atoms with Crippen LogP contribution in [0, 0.1) is 0 Å². The molecule has 1 fully saturated rings. The van der Waals surface area contributed by atoms with Crippen LogP contribution in [0.15, 0.2) is 18.2 Å². The van der Waals surface area contributed by atoms with E-state index >= 15 is 0 Å². The number of amides is 1. The summed E-state index contributed by atoms with van der Waals surface area (Å²) in [5.74, 6) is 1.53. The van der Waals surface area contributed by atoms with Gasteiger partial charge in [0, 0.05) is 18.5 Å². The molecule has 6 nitrogen and oxygen atoms in total. The van der Waals surface area contributed by atoms with Crippen LogP contribution in [0.2, 0.25) is 0 Å².